The summed E-state index contributed by atoms with van der Waals surface area (Å²) in [6, 6.07) is 8.02. The van der Waals surface area contributed by atoms with Gasteiger partial charge in [-0.1, -0.05) is 12.1 Å². The van der Waals surface area contributed by atoms with Crippen LogP contribution in [0.1, 0.15) is 26.5 Å². The van der Waals surface area contributed by atoms with Gasteiger partial charge in [0.1, 0.15) is 5.75 Å². The Labute approximate surface area is 117 Å². The molecule has 1 aromatic carbocycles. The Balaban J connectivity index is 2.15. The molecule has 1 aromatic heterocycles. The lowest BCUT2D eigenvalue weighted by molar-refractivity contribution is 0.414. The summed E-state index contributed by atoms with van der Waals surface area (Å²) in [5.74, 6) is 0.869. The van der Waals surface area contributed by atoms with Gasteiger partial charge in [0.15, 0.2) is 0 Å². The number of aromatic nitrogens is 1. The first-order valence-corrected chi connectivity index (χ1v) is 7.06. The first kappa shape index (κ1) is 13.4. The second-order valence-electron chi connectivity index (χ2n) is 4.21. The number of alkyl halides is 1. The lowest BCUT2D eigenvalue weighted by Crippen LogP contribution is -1.96. The molecule has 2 aromatic rings. The van der Waals surface area contributed by atoms with E-state index in [9.17, 15) is 0 Å². The van der Waals surface area contributed by atoms with Crippen LogP contribution in [0.5, 0.6) is 5.75 Å². The predicted molar refractivity (Wildman–Crippen MR) is 76.9 cm³/mol. The van der Waals surface area contributed by atoms with Crippen molar-refractivity contribution in [3.05, 3.63) is 45.4 Å². The van der Waals surface area contributed by atoms with Crippen LogP contribution in [0.3, 0.4) is 0 Å². The number of hydrogen-bond donors (Lipinski definition) is 0. The molecule has 0 fully saturated rings. The molecular weight excluding hydrogens is 266 g/mol. The van der Waals surface area contributed by atoms with Crippen LogP contribution >= 0.6 is 22.9 Å². The van der Waals surface area contributed by atoms with Gasteiger partial charge < -0.3 is 4.74 Å². The molecule has 0 aliphatic carbocycles. The molecule has 0 saturated heterocycles. The largest absolute Gasteiger partial charge is 0.497 e. The fourth-order valence-corrected chi connectivity index (χ4v) is 3.31. The number of halogens is 1. The third-order valence-electron chi connectivity index (χ3n) is 2.77. The van der Waals surface area contributed by atoms with E-state index in [0.29, 0.717) is 0 Å². The van der Waals surface area contributed by atoms with Crippen LogP contribution in [0.4, 0.5) is 0 Å². The molecule has 0 saturated carbocycles. The van der Waals surface area contributed by atoms with Crippen LogP contribution in [-0.4, -0.2) is 12.1 Å². The normalized spacial score (nSPS) is 12.4. The Morgan fingerprint density at radius 2 is 2.17 bits per heavy atom. The maximum absolute atomic E-state index is 6.48. The van der Waals surface area contributed by atoms with Gasteiger partial charge in [-0.2, -0.15) is 0 Å². The topological polar surface area (TPSA) is 22.1 Å². The Hall–Kier alpha value is -1.06. The number of thiazole rings is 1. The standard InChI is InChI=1S/C14H16ClNOS/c1-9-14(18-10(2)16-9)13(15)8-11-5-4-6-12(7-11)17-3/h4-7,13H,8H2,1-3H3. The second-order valence-corrected chi connectivity index (χ2v) is 5.97. The minimum atomic E-state index is -0.0247. The molecule has 2 rings (SSSR count). The maximum Gasteiger partial charge on any atom is 0.119 e. The van der Waals surface area contributed by atoms with Crippen LogP contribution in [-0.2, 0) is 6.42 Å². The quantitative estimate of drug-likeness (QED) is 0.780. The molecule has 1 unspecified atom stereocenters. The summed E-state index contributed by atoms with van der Waals surface area (Å²) in [4.78, 5) is 5.58. The van der Waals surface area contributed by atoms with Gasteiger partial charge in [-0.3, -0.25) is 0 Å². The lowest BCUT2D eigenvalue weighted by Gasteiger charge is -2.09. The predicted octanol–water partition coefficient (Wildman–Crippen LogP) is 4.29. The highest BCUT2D eigenvalue weighted by atomic mass is 35.5. The minimum absolute atomic E-state index is 0.0247. The summed E-state index contributed by atoms with van der Waals surface area (Å²) in [5.41, 5.74) is 2.22. The van der Waals surface area contributed by atoms with Crippen LogP contribution in [0.2, 0.25) is 0 Å². The van der Waals surface area contributed by atoms with E-state index in [0.717, 1.165) is 27.7 Å². The number of rotatable bonds is 4. The minimum Gasteiger partial charge on any atom is -0.497 e. The zero-order valence-corrected chi connectivity index (χ0v) is 12.3. The summed E-state index contributed by atoms with van der Waals surface area (Å²) in [5, 5.41) is 1.04. The van der Waals surface area contributed by atoms with E-state index in [-0.39, 0.29) is 5.38 Å². The summed E-state index contributed by atoms with van der Waals surface area (Å²) in [6.07, 6.45) is 0.793. The fourth-order valence-electron chi connectivity index (χ4n) is 1.94. The van der Waals surface area contributed by atoms with Crippen molar-refractivity contribution in [1.29, 1.82) is 0 Å². The molecule has 0 spiro atoms. The molecule has 1 atom stereocenters. The first-order chi connectivity index (χ1) is 8.60. The van der Waals surface area contributed by atoms with Crippen molar-refractivity contribution in [2.75, 3.05) is 7.11 Å². The number of hydrogen-bond acceptors (Lipinski definition) is 3. The molecule has 1 heterocycles. The Morgan fingerprint density at radius 3 is 2.78 bits per heavy atom. The zero-order chi connectivity index (χ0) is 13.1. The number of aryl methyl sites for hydroxylation is 2. The van der Waals surface area contributed by atoms with Crippen molar-refractivity contribution >= 4 is 22.9 Å². The molecule has 0 bridgehead atoms. The number of nitrogens with zero attached hydrogens (tertiary/aromatic N) is 1. The van der Waals surface area contributed by atoms with E-state index in [4.69, 9.17) is 16.3 Å². The van der Waals surface area contributed by atoms with Crippen LogP contribution in [0.15, 0.2) is 24.3 Å². The monoisotopic (exact) mass is 281 g/mol. The van der Waals surface area contributed by atoms with E-state index in [2.05, 4.69) is 11.1 Å². The molecule has 4 heteroatoms. The average Bonchev–Trinajstić information content (AvgIpc) is 2.69. The van der Waals surface area contributed by atoms with Gasteiger partial charge in [-0.05, 0) is 38.0 Å². The number of benzene rings is 1. The molecule has 2 nitrogen and oxygen atoms in total. The molecule has 96 valence electrons. The lowest BCUT2D eigenvalue weighted by atomic mass is 10.1. The van der Waals surface area contributed by atoms with Crippen LogP contribution in [0.25, 0.3) is 0 Å². The number of methoxy groups -OCH3 is 1. The van der Waals surface area contributed by atoms with Gasteiger partial charge in [0.25, 0.3) is 0 Å². The van der Waals surface area contributed by atoms with Crippen molar-refractivity contribution < 1.29 is 4.74 Å². The van der Waals surface area contributed by atoms with E-state index in [1.165, 1.54) is 5.56 Å². The van der Waals surface area contributed by atoms with Crippen LogP contribution < -0.4 is 4.74 Å². The van der Waals surface area contributed by atoms with Crippen molar-refractivity contribution in [2.24, 2.45) is 0 Å². The van der Waals surface area contributed by atoms with Crippen LogP contribution in [0, 0.1) is 13.8 Å². The highest BCUT2D eigenvalue weighted by Gasteiger charge is 2.15. The summed E-state index contributed by atoms with van der Waals surface area (Å²) < 4.78 is 5.22. The molecule has 0 aliphatic rings. The molecule has 0 amide bonds. The first-order valence-electron chi connectivity index (χ1n) is 5.81. The molecular formula is C14H16ClNOS. The van der Waals surface area contributed by atoms with Gasteiger partial charge in [0, 0.05) is 4.88 Å². The van der Waals surface area contributed by atoms with Crippen molar-refractivity contribution in [3.63, 3.8) is 0 Å². The molecule has 18 heavy (non-hydrogen) atoms. The third kappa shape index (κ3) is 3.03. The van der Waals surface area contributed by atoms with Crippen molar-refractivity contribution in [2.45, 2.75) is 25.6 Å². The van der Waals surface area contributed by atoms with Gasteiger partial charge >= 0.3 is 0 Å². The Morgan fingerprint density at radius 1 is 1.39 bits per heavy atom. The Kier molecular flexibility index (Phi) is 4.25. The van der Waals surface area contributed by atoms with Gasteiger partial charge in [0.05, 0.1) is 23.2 Å². The smallest absolute Gasteiger partial charge is 0.119 e. The number of ether oxygens (including phenoxy) is 1. The van der Waals surface area contributed by atoms with Crippen molar-refractivity contribution in [3.8, 4) is 5.75 Å². The SMILES string of the molecule is COc1cccc(CC(Cl)c2sc(C)nc2C)c1. The van der Waals surface area contributed by atoms with Gasteiger partial charge in [0.2, 0.25) is 0 Å². The van der Waals surface area contributed by atoms with Gasteiger partial charge in [-0.15, -0.1) is 22.9 Å². The molecule has 0 N–H and O–H groups in total. The average molecular weight is 282 g/mol. The van der Waals surface area contributed by atoms with E-state index in [1.54, 1.807) is 18.4 Å². The maximum atomic E-state index is 6.48. The van der Waals surface area contributed by atoms with E-state index in [1.807, 2.05) is 32.0 Å². The third-order valence-corrected chi connectivity index (χ3v) is 4.46. The summed E-state index contributed by atoms with van der Waals surface area (Å²) in [7, 11) is 1.67. The second kappa shape index (κ2) is 5.72. The summed E-state index contributed by atoms with van der Waals surface area (Å²) >= 11 is 8.16. The van der Waals surface area contributed by atoms with E-state index < -0.39 is 0 Å². The van der Waals surface area contributed by atoms with Crippen molar-refractivity contribution in [1.82, 2.24) is 4.98 Å². The highest BCUT2D eigenvalue weighted by Crippen LogP contribution is 2.32. The van der Waals surface area contributed by atoms with E-state index >= 15 is 0 Å². The molecule has 0 radical (unpaired) electrons. The van der Waals surface area contributed by atoms with Gasteiger partial charge in [-0.25, -0.2) is 4.98 Å². The highest BCUT2D eigenvalue weighted by molar-refractivity contribution is 7.12. The fraction of sp³-hybridized carbons (Fsp3) is 0.357. The zero-order valence-electron chi connectivity index (χ0n) is 10.7. The Bertz CT molecular complexity index is 538. The summed E-state index contributed by atoms with van der Waals surface area (Å²) in [6.45, 7) is 4.02. The molecule has 0 aliphatic heterocycles.